The van der Waals surface area contributed by atoms with Crippen molar-refractivity contribution in [3.05, 3.63) is 270 Å². The van der Waals surface area contributed by atoms with Gasteiger partial charge in [-0.3, -0.25) is 0 Å². The summed E-state index contributed by atoms with van der Waals surface area (Å²) in [6, 6.07) is 85.7. The summed E-state index contributed by atoms with van der Waals surface area (Å²) in [6.45, 7) is 4.57. The van der Waals surface area contributed by atoms with Gasteiger partial charge in [0.05, 0.1) is 0 Å². The van der Waals surface area contributed by atoms with Crippen LogP contribution >= 0.6 is 0 Å². The highest BCUT2D eigenvalue weighted by molar-refractivity contribution is 6.23. The van der Waals surface area contributed by atoms with Crippen LogP contribution in [0.25, 0.3) is 71.6 Å². The minimum atomic E-state index is 0.910. The van der Waals surface area contributed by atoms with E-state index in [1.54, 1.807) is 0 Å². The lowest BCUT2D eigenvalue weighted by Crippen LogP contribution is -2.18. The molecule has 318 valence electrons. The molecule has 14 rings (SSSR count). The lowest BCUT2D eigenvalue weighted by atomic mass is 9.84. The fraction of sp³-hybridized carbons (Fsp3) is 0.0303. The van der Waals surface area contributed by atoms with Crippen molar-refractivity contribution < 1.29 is 0 Å². The van der Waals surface area contributed by atoms with Crippen molar-refractivity contribution in [1.29, 1.82) is 0 Å². The quantitative estimate of drug-likeness (QED) is 0.159. The maximum Gasteiger partial charge on any atom is 0.0497 e. The summed E-state index contributed by atoms with van der Waals surface area (Å²) in [5.41, 5.74) is 25.7. The molecule has 0 spiro atoms. The van der Waals surface area contributed by atoms with Crippen LogP contribution in [0.5, 0.6) is 0 Å². The van der Waals surface area contributed by atoms with Gasteiger partial charge in [-0.05, 0) is 166 Å². The minimum Gasteiger partial charge on any atom is -0.310 e. The molecule has 68 heavy (non-hydrogen) atoms. The van der Waals surface area contributed by atoms with E-state index in [0.717, 1.165) is 29.8 Å². The van der Waals surface area contributed by atoms with Crippen LogP contribution in [0.3, 0.4) is 0 Å². The van der Waals surface area contributed by atoms with Gasteiger partial charge in [-0.1, -0.05) is 176 Å². The highest BCUT2D eigenvalue weighted by atomic mass is 15.2. The van der Waals surface area contributed by atoms with Crippen LogP contribution in [0.15, 0.2) is 237 Å². The first kappa shape index (κ1) is 38.5. The summed E-state index contributed by atoms with van der Waals surface area (Å²) < 4.78 is 0. The molecule has 0 fully saturated rings. The molecule has 11 aromatic rings. The molecule has 0 aromatic heterocycles. The van der Waals surface area contributed by atoms with Crippen molar-refractivity contribution in [3.63, 3.8) is 0 Å². The van der Waals surface area contributed by atoms with E-state index in [2.05, 4.69) is 247 Å². The van der Waals surface area contributed by atoms with Gasteiger partial charge in [-0.2, -0.15) is 0 Å². The molecule has 0 saturated heterocycles. The summed E-state index contributed by atoms with van der Waals surface area (Å²) in [5, 5.41) is 4.86. The Balaban J connectivity index is 1.04. The van der Waals surface area contributed by atoms with Gasteiger partial charge in [0.1, 0.15) is 0 Å². The maximum absolute atomic E-state index is 4.57. The Morgan fingerprint density at radius 2 is 0.706 bits per heavy atom. The van der Waals surface area contributed by atoms with Gasteiger partial charge in [-0.25, -0.2) is 0 Å². The Morgan fingerprint density at radius 3 is 1.26 bits per heavy atom. The fourth-order valence-electron chi connectivity index (χ4n) is 11.6. The van der Waals surface area contributed by atoms with Gasteiger partial charge in [0.15, 0.2) is 0 Å². The number of benzene rings is 11. The highest BCUT2D eigenvalue weighted by Gasteiger charge is 2.28. The molecule has 2 heterocycles. The van der Waals surface area contributed by atoms with Gasteiger partial charge in [0.2, 0.25) is 0 Å². The zero-order valence-corrected chi connectivity index (χ0v) is 37.5. The van der Waals surface area contributed by atoms with E-state index in [1.165, 1.54) is 122 Å². The standard InChI is InChI=1S/C66H44N2/c1-42-53-24-9-10-25-54(53)55-33-30-45(39-58(42)55)44-22-15-23-50(36-44)66-57-35-32-51(67-61-26-11-5-18-46(61)37-47-19-6-12-27-62(47)67)40-59(57)65(43-16-3-2-4-17-43)56-34-31-52(41-60(56)66)68-63-28-13-7-20-48(63)38-49-21-8-14-29-64(49)68/h2-36,39-41H,1,37-38H2. The van der Waals surface area contributed by atoms with E-state index in [-0.39, 0.29) is 0 Å². The first-order valence-corrected chi connectivity index (χ1v) is 23.7. The van der Waals surface area contributed by atoms with E-state index in [1.807, 2.05) is 0 Å². The summed E-state index contributed by atoms with van der Waals surface area (Å²) in [6.07, 6.45) is 1.82. The van der Waals surface area contributed by atoms with Crippen molar-refractivity contribution in [3.8, 4) is 44.5 Å². The number of nitrogens with zero attached hydrogens (tertiary/aromatic N) is 2. The van der Waals surface area contributed by atoms with Crippen LogP contribution in [0.1, 0.15) is 33.4 Å². The number of para-hydroxylation sites is 4. The van der Waals surface area contributed by atoms with Crippen molar-refractivity contribution in [2.24, 2.45) is 0 Å². The van der Waals surface area contributed by atoms with Crippen LogP contribution in [-0.2, 0) is 12.8 Å². The summed E-state index contributed by atoms with van der Waals surface area (Å²) in [4.78, 5) is 4.95. The molecule has 2 nitrogen and oxygen atoms in total. The summed E-state index contributed by atoms with van der Waals surface area (Å²) in [5.74, 6) is 0. The smallest absolute Gasteiger partial charge is 0.0497 e. The van der Waals surface area contributed by atoms with Crippen LogP contribution in [0, 0.1) is 0 Å². The molecule has 0 unspecified atom stereocenters. The molecule has 0 bridgehead atoms. The number of hydrogen-bond acceptors (Lipinski definition) is 2. The monoisotopic (exact) mass is 864 g/mol. The van der Waals surface area contributed by atoms with E-state index in [0.29, 0.717) is 0 Å². The average molecular weight is 865 g/mol. The predicted octanol–water partition coefficient (Wildman–Crippen LogP) is 17.8. The van der Waals surface area contributed by atoms with Gasteiger partial charge in [-0.15, -0.1) is 0 Å². The Labute approximate surface area is 397 Å². The normalized spacial score (nSPS) is 13.1. The first-order valence-electron chi connectivity index (χ1n) is 23.7. The molecular formula is C66H44N2. The second-order valence-corrected chi connectivity index (χ2v) is 18.5. The number of fused-ring (bicyclic) bond motifs is 9. The second-order valence-electron chi connectivity index (χ2n) is 18.5. The maximum atomic E-state index is 4.57. The Morgan fingerprint density at radius 1 is 0.279 bits per heavy atom. The SMILES string of the molecule is C=C1c2ccccc2-c2ccc(-c3cccc(-c4c5ccc(N6c7ccccc7Cc7ccccc76)cc5c(-c5ccccc5)c5ccc(N6c7ccccc7Cc7ccccc76)cc45)c3)cc21. The molecular weight excluding hydrogens is 821 g/mol. The average Bonchev–Trinajstić information content (AvgIpc) is 3.68. The van der Waals surface area contributed by atoms with Gasteiger partial charge < -0.3 is 9.80 Å². The number of anilines is 6. The van der Waals surface area contributed by atoms with Gasteiger partial charge in [0.25, 0.3) is 0 Å². The molecule has 0 atom stereocenters. The van der Waals surface area contributed by atoms with Gasteiger partial charge >= 0.3 is 0 Å². The van der Waals surface area contributed by atoms with Crippen LogP contribution in [0.4, 0.5) is 34.1 Å². The van der Waals surface area contributed by atoms with E-state index in [9.17, 15) is 0 Å². The van der Waals surface area contributed by atoms with E-state index in [4.69, 9.17) is 0 Å². The van der Waals surface area contributed by atoms with E-state index < -0.39 is 0 Å². The molecule has 0 radical (unpaired) electrons. The first-order chi connectivity index (χ1) is 33.6. The third-order valence-corrected chi connectivity index (χ3v) is 14.7. The van der Waals surface area contributed by atoms with Crippen LogP contribution in [0.2, 0.25) is 0 Å². The highest BCUT2D eigenvalue weighted by Crippen LogP contribution is 2.52. The largest absolute Gasteiger partial charge is 0.310 e. The molecule has 0 N–H and O–H groups in total. The Hall–Kier alpha value is -8.72. The zero-order chi connectivity index (χ0) is 44.9. The van der Waals surface area contributed by atoms with Crippen LogP contribution in [-0.4, -0.2) is 0 Å². The van der Waals surface area contributed by atoms with Crippen molar-refractivity contribution in [1.82, 2.24) is 0 Å². The lowest BCUT2D eigenvalue weighted by Gasteiger charge is -2.34. The second kappa shape index (κ2) is 15.2. The summed E-state index contributed by atoms with van der Waals surface area (Å²) >= 11 is 0. The van der Waals surface area contributed by atoms with Crippen molar-refractivity contribution >= 4 is 61.2 Å². The number of hydrogen-bond donors (Lipinski definition) is 0. The topological polar surface area (TPSA) is 6.48 Å². The molecule has 0 amide bonds. The molecule has 3 aliphatic rings. The third-order valence-electron chi connectivity index (χ3n) is 14.7. The molecule has 11 aromatic carbocycles. The lowest BCUT2D eigenvalue weighted by molar-refractivity contribution is 1.09. The Kier molecular flexibility index (Phi) is 8.60. The molecule has 2 aliphatic heterocycles. The molecule has 2 heteroatoms. The Bertz CT molecular complexity index is 3800. The predicted molar refractivity (Wildman–Crippen MR) is 286 cm³/mol. The van der Waals surface area contributed by atoms with Gasteiger partial charge in [0, 0.05) is 47.0 Å². The van der Waals surface area contributed by atoms with Crippen molar-refractivity contribution in [2.45, 2.75) is 12.8 Å². The molecule has 1 aliphatic carbocycles. The zero-order valence-electron chi connectivity index (χ0n) is 37.5. The fourth-order valence-corrected chi connectivity index (χ4v) is 11.6. The third kappa shape index (κ3) is 5.91. The molecule has 0 saturated carbocycles. The minimum absolute atomic E-state index is 0.910. The summed E-state index contributed by atoms with van der Waals surface area (Å²) in [7, 11) is 0. The number of rotatable bonds is 5. The van der Waals surface area contributed by atoms with Crippen LogP contribution < -0.4 is 9.80 Å². The van der Waals surface area contributed by atoms with E-state index >= 15 is 0 Å². The van der Waals surface area contributed by atoms with Crippen molar-refractivity contribution in [2.75, 3.05) is 9.80 Å².